The highest BCUT2D eigenvalue weighted by atomic mass is 35.5. The standard InChI is InChI=1S/C26H44ClF2NOSi/c1-23(2,3)13-11-18-9-10-20(15-22(18)27)25(6,30)21(19-16-26(28,29)17-19)12-14-24(4,5)32(7,8)31/h9-10,15,19,21,31H,11-14,16-17,30H2,1-8H3/t21?,25-/m0/s1. The molecule has 0 amide bonds. The van der Waals surface area contributed by atoms with Crippen molar-refractivity contribution in [2.45, 2.75) is 110 Å². The molecule has 2 rings (SSSR count). The van der Waals surface area contributed by atoms with E-state index in [1.165, 1.54) is 0 Å². The molecule has 3 N–H and O–H groups in total. The number of alkyl halides is 2. The summed E-state index contributed by atoms with van der Waals surface area (Å²) in [4.78, 5) is 10.7. The van der Waals surface area contributed by atoms with Gasteiger partial charge in [-0.1, -0.05) is 58.4 Å². The van der Waals surface area contributed by atoms with Gasteiger partial charge in [-0.25, -0.2) is 8.78 Å². The Morgan fingerprint density at radius 2 is 1.69 bits per heavy atom. The fraction of sp³-hybridized carbons (Fsp3) is 0.769. The summed E-state index contributed by atoms with van der Waals surface area (Å²) >= 11 is 6.65. The van der Waals surface area contributed by atoms with Crippen molar-refractivity contribution in [3.63, 3.8) is 0 Å². The van der Waals surface area contributed by atoms with Gasteiger partial charge in [-0.2, -0.15) is 0 Å². The van der Waals surface area contributed by atoms with E-state index in [0.29, 0.717) is 11.4 Å². The second kappa shape index (κ2) is 9.28. The maximum atomic E-state index is 13.8. The molecule has 0 aliphatic heterocycles. The number of halogens is 3. The molecule has 0 spiro atoms. The van der Waals surface area contributed by atoms with Crippen molar-refractivity contribution in [2.75, 3.05) is 0 Å². The first-order valence-corrected chi connectivity index (χ1v) is 15.3. The van der Waals surface area contributed by atoms with Crippen molar-refractivity contribution >= 4 is 19.9 Å². The summed E-state index contributed by atoms with van der Waals surface area (Å²) in [5, 5.41) is 0.479. The van der Waals surface area contributed by atoms with Crippen LogP contribution < -0.4 is 5.73 Å². The van der Waals surface area contributed by atoms with Crippen LogP contribution in [-0.2, 0) is 12.0 Å². The first-order chi connectivity index (χ1) is 14.3. The molecular formula is C26H44ClF2NOSi. The summed E-state index contributed by atoms with van der Waals surface area (Å²) in [6.45, 7) is 16.6. The molecule has 1 aliphatic carbocycles. The third-order valence-electron chi connectivity index (χ3n) is 8.02. The largest absolute Gasteiger partial charge is 0.432 e. The lowest BCUT2D eigenvalue weighted by Crippen LogP contribution is -2.51. The number of nitrogens with two attached hydrogens (primary N) is 1. The van der Waals surface area contributed by atoms with Crippen LogP contribution in [0.1, 0.15) is 84.8 Å². The first-order valence-electron chi connectivity index (χ1n) is 11.9. The topological polar surface area (TPSA) is 46.2 Å². The molecule has 32 heavy (non-hydrogen) atoms. The molecule has 1 aromatic carbocycles. The van der Waals surface area contributed by atoms with Crippen LogP contribution in [0.2, 0.25) is 23.2 Å². The molecule has 6 heteroatoms. The fourth-order valence-corrected chi connectivity index (χ4v) is 5.68. The van der Waals surface area contributed by atoms with Crippen LogP contribution in [0.25, 0.3) is 0 Å². The van der Waals surface area contributed by atoms with Gasteiger partial charge in [0.1, 0.15) is 0 Å². The number of benzene rings is 1. The lowest BCUT2D eigenvalue weighted by Gasteiger charge is -2.48. The monoisotopic (exact) mass is 487 g/mol. The van der Waals surface area contributed by atoms with E-state index < -0.39 is 19.8 Å². The highest BCUT2D eigenvalue weighted by Crippen LogP contribution is 2.53. The minimum absolute atomic E-state index is 0.103. The normalized spacial score (nSPS) is 20.5. The van der Waals surface area contributed by atoms with Gasteiger partial charge in [-0.05, 0) is 85.2 Å². The highest BCUT2D eigenvalue weighted by molar-refractivity contribution is 6.72. The second-order valence-corrected chi connectivity index (χ2v) is 17.6. The van der Waals surface area contributed by atoms with Crippen LogP contribution >= 0.6 is 11.6 Å². The molecule has 2 atom stereocenters. The molecule has 0 saturated heterocycles. The van der Waals surface area contributed by atoms with E-state index in [2.05, 4.69) is 40.7 Å². The Morgan fingerprint density at radius 1 is 1.12 bits per heavy atom. The quantitative estimate of drug-likeness (QED) is 0.347. The molecule has 1 aromatic rings. The predicted molar refractivity (Wildman–Crippen MR) is 135 cm³/mol. The summed E-state index contributed by atoms with van der Waals surface area (Å²) < 4.78 is 27.6. The summed E-state index contributed by atoms with van der Waals surface area (Å²) in [6.07, 6.45) is 3.18. The molecule has 1 aliphatic rings. The molecule has 0 heterocycles. The van der Waals surface area contributed by atoms with Gasteiger partial charge in [0, 0.05) is 23.4 Å². The van der Waals surface area contributed by atoms with Crippen molar-refractivity contribution in [3.8, 4) is 0 Å². The summed E-state index contributed by atoms with van der Waals surface area (Å²) in [7, 11) is -2.40. The maximum absolute atomic E-state index is 13.8. The minimum Gasteiger partial charge on any atom is -0.432 e. The Hall–Kier alpha value is -0.493. The van der Waals surface area contributed by atoms with Gasteiger partial charge in [-0.3, -0.25) is 0 Å². The molecule has 1 fully saturated rings. The molecule has 2 nitrogen and oxygen atoms in total. The van der Waals surface area contributed by atoms with E-state index in [4.69, 9.17) is 17.3 Å². The fourth-order valence-electron chi connectivity index (χ4n) is 4.65. The number of aryl methyl sites for hydroxylation is 1. The third kappa shape index (κ3) is 6.77. The molecule has 0 aromatic heterocycles. The van der Waals surface area contributed by atoms with Crippen molar-refractivity contribution in [1.29, 1.82) is 0 Å². The van der Waals surface area contributed by atoms with Gasteiger partial charge in [0.05, 0.1) is 0 Å². The molecular weight excluding hydrogens is 444 g/mol. The molecule has 0 radical (unpaired) electrons. The van der Waals surface area contributed by atoms with Crippen LogP contribution in [0.3, 0.4) is 0 Å². The van der Waals surface area contributed by atoms with Crippen LogP contribution in [-0.4, -0.2) is 19.0 Å². The average Bonchev–Trinajstić information content (AvgIpc) is 2.57. The van der Waals surface area contributed by atoms with Crippen molar-refractivity contribution < 1.29 is 13.6 Å². The second-order valence-electron chi connectivity index (χ2n) is 12.8. The average molecular weight is 488 g/mol. The molecule has 1 unspecified atom stereocenters. The van der Waals surface area contributed by atoms with Gasteiger partial charge >= 0.3 is 0 Å². The smallest absolute Gasteiger partial charge is 0.248 e. The Labute approximate surface area is 200 Å². The highest BCUT2D eigenvalue weighted by Gasteiger charge is 2.52. The third-order valence-corrected chi connectivity index (χ3v) is 11.9. The van der Waals surface area contributed by atoms with Crippen LogP contribution in [0.5, 0.6) is 0 Å². The molecule has 184 valence electrons. The van der Waals surface area contributed by atoms with Crippen LogP contribution in [0.4, 0.5) is 8.78 Å². The van der Waals surface area contributed by atoms with Gasteiger partial charge in [-0.15, -0.1) is 0 Å². The molecule has 1 saturated carbocycles. The Bertz CT molecular complexity index is 788. The van der Waals surface area contributed by atoms with E-state index in [0.717, 1.165) is 30.4 Å². The zero-order chi connectivity index (χ0) is 24.8. The summed E-state index contributed by atoms with van der Waals surface area (Å²) in [5.74, 6) is -2.82. The zero-order valence-corrected chi connectivity index (χ0v) is 23.0. The van der Waals surface area contributed by atoms with Crippen molar-refractivity contribution in [2.24, 2.45) is 23.0 Å². The lowest BCUT2D eigenvalue weighted by molar-refractivity contribution is -0.135. The summed E-state index contributed by atoms with van der Waals surface area (Å²) in [5.41, 5.74) is 8.38. The molecule has 0 bridgehead atoms. The van der Waals surface area contributed by atoms with Crippen LogP contribution in [0, 0.1) is 17.3 Å². The van der Waals surface area contributed by atoms with Gasteiger partial charge < -0.3 is 10.5 Å². The predicted octanol–water partition coefficient (Wildman–Crippen LogP) is 7.91. The van der Waals surface area contributed by atoms with Gasteiger partial charge in [0.15, 0.2) is 8.32 Å². The van der Waals surface area contributed by atoms with Crippen LogP contribution in [0.15, 0.2) is 18.2 Å². The van der Waals surface area contributed by atoms with Crippen molar-refractivity contribution in [3.05, 3.63) is 34.3 Å². The lowest BCUT2D eigenvalue weighted by atomic mass is 9.62. The maximum Gasteiger partial charge on any atom is 0.248 e. The minimum atomic E-state index is -2.59. The van der Waals surface area contributed by atoms with E-state index in [9.17, 15) is 13.6 Å². The Kier molecular flexibility index (Phi) is 8.04. The SMILES string of the molecule is CC(C)(C)CCc1ccc([C@](C)(N)C(CCC(C)(C)[Si](C)(C)O)C2CC(F)(F)C2)cc1Cl. The number of rotatable bonds is 9. The first kappa shape index (κ1) is 27.7. The Morgan fingerprint density at radius 3 is 2.12 bits per heavy atom. The van der Waals surface area contributed by atoms with E-state index in [1.54, 1.807) is 0 Å². The van der Waals surface area contributed by atoms with Gasteiger partial charge in [0.25, 0.3) is 0 Å². The number of hydrogen-bond acceptors (Lipinski definition) is 2. The zero-order valence-electron chi connectivity index (χ0n) is 21.3. The van der Waals surface area contributed by atoms with E-state index in [1.807, 2.05) is 32.2 Å². The number of hydrogen-bond donors (Lipinski definition) is 2. The van der Waals surface area contributed by atoms with E-state index in [-0.39, 0.29) is 35.1 Å². The summed E-state index contributed by atoms with van der Waals surface area (Å²) in [6, 6.07) is 6.03. The van der Waals surface area contributed by atoms with Gasteiger partial charge in [0.2, 0.25) is 5.92 Å². The Balaban J connectivity index is 2.28. The van der Waals surface area contributed by atoms with Crippen molar-refractivity contribution in [1.82, 2.24) is 0 Å². The van der Waals surface area contributed by atoms with E-state index >= 15 is 0 Å².